The maximum absolute atomic E-state index is 13.4. The number of fused-ring (bicyclic) bond motifs is 5. The molecule has 7 heterocycles. The lowest BCUT2D eigenvalue weighted by Gasteiger charge is -2.29. The number of phosphoric acid groups is 2. The number of H-pyrrole nitrogens is 1. The van der Waals surface area contributed by atoms with Crippen molar-refractivity contribution in [2.75, 3.05) is 18.1 Å². The third kappa shape index (κ3) is 4.29. The molecule has 0 radical (unpaired) electrons. The first-order valence-electron chi connectivity index (χ1n) is 13.0. The van der Waals surface area contributed by atoms with Crippen LogP contribution in [0.15, 0.2) is 23.8 Å². The first-order chi connectivity index (χ1) is 21.3. The zero-order valence-corrected chi connectivity index (χ0v) is 24.0. The van der Waals surface area contributed by atoms with Crippen LogP contribution in [0.5, 0.6) is 0 Å². The number of nitrogen functional groups attached to an aromatic ring is 2. The fraction of sp³-hybridized carbons (Fsp3) is 0.500. The number of aliphatic hydroxyl groups is 2. The van der Waals surface area contributed by atoms with Crippen molar-refractivity contribution in [2.24, 2.45) is 0 Å². The molecule has 25 heteroatoms. The van der Waals surface area contributed by atoms with Gasteiger partial charge in [-0.15, -0.1) is 0 Å². The van der Waals surface area contributed by atoms with Gasteiger partial charge in [-0.25, -0.2) is 29.1 Å². The Kier molecular flexibility index (Phi) is 6.15. The molecule has 23 nitrogen and oxygen atoms in total. The molecule has 1 saturated carbocycles. The molecule has 1 spiro atoms. The highest BCUT2D eigenvalue weighted by Gasteiger charge is 2.83. The fourth-order valence-corrected chi connectivity index (χ4v) is 8.14. The summed E-state index contributed by atoms with van der Waals surface area (Å²) in [6.45, 7) is -0.807. The number of nitrogens with one attached hydrogen (secondary N) is 1. The summed E-state index contributed by atoms with van der Waals surface area (Å²) in [5.74, 6) is -0.246. The Balaban J connectivity index is 1.14. The van der Waals surface area contributed by atoms with Crippen LogP contribution in [-0.4, -0.2) is 108 Å². The van der Waals surface area contributed by atoms with Crippen molar-refractivity contribution in [1.29, 1.82) is 0 Å². The number of aromatic amines is 1. The number of aromatic nitrogens is 8. The summed E-state index contributed by atoms with van der Waals surface area (Å²) in [6, 6.07) is 0. The largest absolute Gasteiger partial charge is 0.473 e. The normalized spacial score (nSPS) is 41.4. The van der Waals surface area contributed by atoms with Gasteiger partial charge in [-0.1, -0.05) is 0 Å². The van der Waals surface area contributed by atoms with Gasteiger partial charge in [0.05, 0.1) is 19.3 Å². The number of nitrogens with two attached hydrogens (primary N) is 2. The molecular formula is C20H22N10O13P2. The number of ether oxygens (including phenoxy) is 2. The van der Waals surface area contributed by atoms with E-state index in [-0.39, 0.29) is 34.1 Å². The number of aliphatic hydroxyl groups excluding tert-OH is 2. The smallest absolute Gasteiger partial charge is 0.387 e. The lowest BCUT2D eigenvalue weighted by molar-refractivity contribution is -0.0970. The minimum absolute atomic E-state index is 0.0386. The highest BCUT2D eigenvalue weighted by atomic mass is 31.2. The number of phosphoric ester groups is 2. The number of anilines is 2. The van der Waals surface area contributed by atoms with Crippen LogP contribution < -0.4 is 17.0 Å². The summed E-state index contributed by atoms with van der Waals surface area (Å²) in [4.78, 5) is 56.1. The van der Waals surface area contributed by atoms with Gasteiger partial charge in [0.2, 0.25) is 5.95 Å². The third-order valence-corrected chi connectivity index (χ3v) is 9.98. The second-order valence-electron chi connectivity index (χ2n) is 10.6. The van der Waals surface area contributed by atoms with Gasteiger partial charge in [-0.3, -0.25) is 37.0 Å². The molecule has 2 bridgehead atoms. The van der Waals surface area contributed by atoms with Gasteiger partial charge in [-0.2, -0.15) is 4.98 Å². The topological polar surface area (TPSA) is 330 Å². The fourth-order valence-electron chi connectivity index (χ4n) is 5.89. The van der Waals surface area contributed by atoms with Gasteiger partial charge in [0.1, 0.15) is 48.5 Å². The van der Waals surface area contributed by atoms with Crippen LogP contribution in [0.1, 0.15) is 12.5 Å². The summed E-state index contributed by atoms with van der Waals surface area (Å²) in [6.07, 6.45) is -9.21. The number of hydrogen-bond donors (Lipinski definition) is 7. The Morgan fingerprint density at radius 1 is 0.933 bits per heavy atom. The molecule has 0 aromatic carbocycles. The number of hydrogen-bond acceptors (Lipinski definition) is 18. The van der Waals surface area contributed by atoms with Crippen molar-refractivity contribution in [3.8, 4) is 0 Å². The van der Waals surface area contributed by atoms with E-state index in [2.05, 4.69) is 29.9 Å². The first kappa shape index (κ1) is 29.0. The maximum Gasteiger partial charge on any atom is 0.473 e. The molecular weight excluding hydrogens is 650 g/mol. The quantitative estimate of drug-likeness (QED) is 0.107. The van der Waals surface area contributed by atoms with Crippen molar-refractivity contribution in [3.05, 3.63) is 29.3 Å². The summed E-state index contributed by atoms with van der Waals surface area (Å²) >= 11 is 0. The molecule has 3 saturated heterocycles. The Morgan fingerprint density at radius 3 is 2.44 bits per heavy atom. The van der Waals surface area contributed by atoms with E-state index in [1.807, 2.05) is 0 Å². The van der Waals surface area contributed by atoms with E-state index in [1.165, 1.54) is 10.9 Å². The molecule has 45 heavy (non-hydrogen) atoms. The standard InChI is InChI=1S/C20H22N10O13P2/c21-13-6-14(24-2-23-13)29(3-25-6)18-10(32)20-11(40-18)12(20)42-45(36,37)41-9-8(31)5(1-38-44(34,35)43-20)39-17(9)30-4-26-7-15(30)27-19(22)28-16(7)33/h2-5,8-12,17-18,31-32H,1H2,(H,34,35)(H,36,37)(H2,21,23,24)(H3,22,27,28,33)/t5-,8-,9-,10+,11-,12+,17-,18-,20+/m1/s1. The Labute approximate surface area is 247 Å². The highest BCUT2D eigenvalue weighted by molar-refractivity contribution is 7.47. The van der Waals surface area contributed by atoms with Gasteiger partial charge >= 0.3 is 15.6 Å². The van der Waals surface area contributed by atoms with Crippen LogP contribution in [0.4, 0.5) is 11.8 Å². The van der Waals surface area contributed by atoms with Gasteiger partial charge in [0, 0.05) is 0 Å². The molecule has 4 aromatic heterocycles. The lowest BCUT2D eigenvalue weighted by Crippen LogP contribution is -2.40. The average molecular weight is 672 g/mol. The van der Waals surface area contributed by atoms with Crippen molar-refractivity contribution in [1.82, 2.24) is 39.0 Å². The van der Waals surface area contributed by atoms with E-state index in [0.717, 1.165) is 17.2 Å². The monoisotopic (exact) mass is 672 g/mol. The molecule has 8 rings (SSSR count). The van der Waals surface area contributed by atoms with Crippen LogP contribution in [-0.2, 0) is 36.7 Å². The van der Waals surface area contributed by atoms with Crippen molar-refractivity contribution in [3.63, 3.8) is 0 Å². The molecule has 3 aliphatic heterocycles. The zero-order chi connectivity index (χ0) is 31.6. The Morgan fingerprint density at radius 2 is 1.67 bits per heavy atom. The molecule has 2 unspecified atom stereocenters. The van der Waals surface area contributed by atoms with Crippen LogP contribution in [0.2, 0.25) is 0 Å². The van der Waals surface area contributed by atoms with Crippen LogP contribution in [0.25, 0.3) is 22.3 Å². The van der Waals surface area contributed by atoms with Crippen molar-refractivity contribution < 1.29 is 56.7 Å². The van der Waals surface area contributed by atoms with Gasteiger partial charge in [0.25, 0.3) is 5.56 Å². The van der Waals surface area contributed by atoms with Gasteiger partial charge < -0.3 is 40.9 Å². The van der Waals surface area contributed by atoms with Crippen molar-refractivity contribution >= 4 is 49.7 Å². The van der Waals surface area contributed by atoms with E-state index in [0.29, 0.717) is 0 Å². The maximum atomic E-state index is 13.4. The van der Waals surface area contributed by atoms with E-state index >= 15 is 0 Å². The Bertz CT molecular complexity index is 2020. The SMILES string of the molecule is Nc1nc2c(ncn2[C@@H]2O[C@@H]3COP(=O)(O)O[C@]45[C@H](O[C@@H](n6cnc7c(N)ncnc76)[C@@H]4O)[C@@H]5OP(=O)(O)O[C@@H]2[C@@H]3O)c(=O)[nH]1. The van der Waals surface area contributed by atoms with Crippen molar-refractivity contribution in [2.45, 2.75) is 54.7 Å². The lowest BCUT2D eigenvalue weighted by atomic mass is 10.1. The summed E-state index contributed by atoms with van der Waals surface area (Å²) < 4.78 is 61.8. The molecule has 9 N–H and O–H groups in total. The average Bonchev–Trinajstić information content (AvgIpc) is 3.47. The summed E-state index contributed by atoms with van der Waals surface area (Å²) in [7, 11) is -10.4. The van der Waals surface area contributed by atoms with E-state index in [1.54, 1.807) is 0 Å². The van der Waals surface area contributed by atoms with Gasteiger partial charge in [-0.05, 0) is 0 Å². The number of rotatable bonds is 2. The third-order valence-electron chi connectivity index (χ3n) is 7.95. The summed E-state index contributed by atoms with van der Waals surface area (Å²) in [5.41, 5.74) is 8.60. The molecule has 240 valence electrons. The molecule has 1 aliphatic carbocycles. The molecule has 4 aliphatic rings. The highest BCUT2D eigenvalue weighted by Crippen LogP contribution is 2.68. The first-order valence-corrected chi connectivity index (χ1v) is 16.0. The predicted molar refractivity (Wildman–Crippen MR) is 141 cm³/mol. The predicted octanol–water partition coefficient (Wildman–Crippen LogP) is -2.59. The molecule has 4 fully saturated rings. The summed E-state index contributed by atoms with van der Waals surface area (Å²) in [5, 5.41) is 22.4. The molecule has 11 atom stereocenters. The van der Waals surface area contributed by atoms with Crippen LogP contribution >= 0.6 is 15.6 Å². The molecule has 0 amide bonds. The molecule has 4 aromatic rings. The van der Waals surface area contributed by atoms with E-state index in [4.69, 9.17) is 39.0 Å². The van der Waals surface area contributed by atoms with Gasteiger partial charge in [0.15, 0.2) is 40.7 Å². The second-order valence-corrected chi connectivity index (χ2v) is 13.3. The minimum Gasteiger partial charge on any atom is -0.387 e. The van der Waals surface area contributed by atoms with Crippen LogP contribution in [0, 0.1) is 0 Å². The Hall–Kier alpha value is -3.44. The van der Waals surface area contributed by atoms with Crippen LogP contribution in [0.3, 0.4) is 0 Å². The number of imidazole rings is 2. The van der Waals surface area contributed by atoms with E-state index in [9.17, 15) is 33.9 Å². The minimum atomic E-state index is -5.23. The second kappa shape index (κ2) is 9.54. The zero-order valence-electron chi connectivity index (χ0n) is 22.2. The van der Waals surface area contributed by atoms with E-state index < -0.39 is 82.5 Å². The number of nitrogens with zero attached hydrogens (tertiary/aromatic N) is 7.